The molecule has 0 aromatic heterocycles. The molecule has 2 atom stereocenters. The Labute approximate surface area is 215 Å². The summed E-state index contributed by atoms with van der Waals surface area (Å²) in [6.45, 7) is 3.14. The van der Waals surface area contributed by atoms with E-state index < -0.39 is 23.8 Å². The second kappa shape index (κ2) is 10.1. The average molecular weight is 494 g/mol. The molecular weight excluding hydrogens is 466 g/mol. The van der Waals surface area contributed by atoms with Crippen LogP contribution in [0.4, 0.5) is 5.69 Å². The van der Waals surface area contributed by atoms with Crippen molar-refractivity contribution in [1.82, 2.24) is 10.7 Å². The lowest BCUT2D eigenvalue weighted by atomic mass is 9.92. The number of fused-ring (bicyclic) bond motifs is 4. The first-order valence-electron chi connectivity index (χ1n) is 12.2. The van der Waals surface area contributed by atoms with E-state index in [-0.39, 0.29) is 12.5 Å². The molecule has 0 radical (unpaired) electrons. The molecule has 0 saturated heterocycles. The number of nitrogens with zero attached hydrogens (tertiary/aromatic N) is 1. The van der Waals surface area contributed by atoms with Gasteiger partial charge in [0.1, 0.15) is 11.8 Å². The summed E-state index contributed by atoms with van der Waals surface area (Å²) in [6, 6.07) is 27.6. The number of anilines is 1. The predicted octanol–water partition coefficient (Wildman–Crippen LogP) is 4.57. The van der Waals surface area contributed by atoms with Gasteiger partial charge in [-0.2, -0.15) is 0 Å². The largest absolute Gasteiger partial charge is 0.483 e. The van der Waals surface area contributed by atoms with Gasteiger partial charge in [0.15, 0.2) is 6.61 Å². The maximum Gasteiger partial charge on any atom is 0.261 e. The summed E-state index contributed by atoms with van der Waals surface area (Å²) < 4.78 is 5.73. The molecule has 0 saturated carbocycles. The monoisotopic (exact) mass is 493 g/mol. The molecule has 0 aliphatic carbocycles. The third-order valence-electron chi connectivity index (χ3n) is 6.55. The van der Waals surface area contributed by atoms with Crippen LogP contribution in [-0.4, -0.2) is 30.4 Å². The number of hydrazine groups is 1. The van der Waals surface area contributed by atoms with Crippen LogP contribution in [0.2, 0.25) is 0 Å². The van der Waals surface area contributed by atoms with Crippen molar-refractivity contribution in [1.29, 1.82) is 0 Å². The fraction of sp³-hybridized carbons (Fsp3) is 0.167. The standard InChI is InChI=1S/C30H27N3O4/c1-19-22-12-5-6-14-24(22)25-15-7-8-16-26(25)33(30(19)36)32-29(35)20(2)31-28(34)18-37-27-17-9-11-21-10-3-4-13-23(21)27/h3-17,19-20H,18H2,1-2H3,(H,31,34)(H,32,35)/t19?,20-/m0/s1. The molecule has 3 amide bonds. The van der Waals surface area contributed by atoms with Gasteiger partial charge in [0, 0.05) is 10.9 Å². The van der Waals surface area contributed by atoms with Crippen LogP contribution < -0.4 is 20.5 Å². The molecular formula is C30H27N3O4. The highest BCUT2D eigenvalue weighted by Crippen LogP contribution is 2.40. The highest BCUT2D eigenvalue weighted by molar-refractivity contribution is 6.06. The summed E-state index contributed by atoms with van der Waals surface area (Å²) in [5.74, 6) is -1.10. The number of rotatable bonds is 6. The van der Waals surface area contributed by atoms with Crippen molar-refractivity contribution in [3.8, 4) is 16.9 Å². The highest BCUT2D eigenvalue weighted by Gasteiger charge is 2.33. The van der Waals surface area contributed by atoms with Crippen LogP contribution in [-0.2, 0) is 14.4 Å². The van der Waals surface area contributed by atoms with Crippen LogP contribution in [0.25, 0.3) is 21.9 Å². The third kappa shape index (κ3) is 4.76. The van der Waals surface area contributed by atoms with Crippen LogP contribution in [0.15, 0.2) is 91.0 Å². The number of para-hydroxylation sites is 1. The molecule has 1 heterocycles. The Bertz CT molecular complexity index is 1490. The number of nitrogens with one attached hydrogen (secondary N) is 2. The molecule has 1 aliphatic heterocycles. The van der Waals surface area contributed by atoms with Crippen molar-refractivity contribution in [3.05, 3.63) is 96.6 Å². The lowest BCUT2D eigenvalue weighted by Crippen LogP contribution is -2.54. The number of hydrogen-bond donors (Lipinski definition) is 2. The van der Waals surface area contributed by atoms with Gasteiger partial charge in [-0.1, -0.05) is 78.9 Å². The van der Waals surface area contributed by atoms with Crippen LogP contribution >= 0.6 is 0 Å². The molecule has 4 aromatic carbocycles. The molecule has 186 valence electrons. The fourth-order valence-electron chi connectivity index (χ4n) is 4.60. The number of carbonyl (C=O) groups excluding carboxylic acids is 3. The van der Waals surface area contributed by atoms with Crippen molar-refractivity contribution in [2.24, 2.45) is 0 Å². The number of carbonyl (C=O) groups is 3. The molecule has 1 aliphatic rings. The number of ether oxygens (including phenoxy) is 1. The van der Waals surface area contributed by atoms with Gasteiger partial charge in [0.2, 0.25) is 0 Å². The molecule has 0 bridgehead atoms. The van der Waals surface area contributed by atoms with E-state index in [9.17, 15) is 14.4 Å². The smallest absolute Gasteiger partial charge is 0.261 e. The van der Waals surface area contributed by atoms with Crippen molar-refractivity contribution >= 4 is 34.2 Å². The van der Waals surface area contributed by atoms with Crippen LogP contribution in [0.1, 0.15) is 25.3 Å². The van der Waals surface area contributed by atoms with Gasteiger partial charge in [0.05, 0.1) is 11.6 Å². The predicted molar refractivity (Wildman–Crippen MR) is 143 cm³/mol. The average Bonchev–Trinajstić information content (AvgIpc) is 3.01. The first kappa shape index (κ1) is 24.1. The van der Waals surface area contributed by atoms with E-state index in [1.807, 2.05) is 85.8 Å². The summed E-state index contributed by atoms with van der Waals surface area (Å²) in [5, 5.41) is 5.85. The van der Waals surface area contributed by atoms with Gasteiger partial charge < -0.3 is 10.1 Å². The first-order chi connectivity index (χ1) is 17.9. The number of hydrogen-bond acceptors (Lipinski definition) is 4. The molecule has 5 rings (SSSR count). The van der Waals surface area contributed by atoms with Crippen molar-refractivity contribution in [2.45, 2.75) is 25.8 Å². The van der Waals surface area contributed by atoms with E-state index in [1.165, 1.54) is 5.01 Å². The number of amides is 3. The quantitative estimate of drug-likeness (QED) is 0.412. The zero-order chi connectivity index (χ0) is 25.9. The fourth-order valence-corrected chi connectivity index (χ4v) is 4.60. The van der Waals surface area contributed by atoms with E-state index >= 15 is 0 Å². The molecule has 7 nitrogen and oxygen atoms in total. The lowest BCUT2D eigenvalue weighted by Gasteiger charge is -2.27. The second-order valence-corrected chi connectivity index (χ2v) is 9.03. The van der Waals surface area contributed by atoms with Crippen LogP contribution in [0, 0.1) is 0 Å². The Morgan fingerprint density at radius 1 is 0.892 bits per heavy atom. The molecule has 2 N–H and O–H groups in total. The topological polar surface area (TPSA) is 87.7 Å². The SMILES string of the molecule is CC1C(=O)N(NC(=O)[C@H](C)NC(=O)COc2cccc3ccccc23)c2ccccc2-c2ccccc21. The van der Waals surface area contributed by atoms with Crippen LogP contribution in [0.3, 0.4) is 0 Å². The van der Waals surface area contributed by atoms with Gasteiger partial charge in [-0.05, 0) is 42.5 Å². The normalized spacial score (nSPS) is 15.2. The minimum Gasteiger partial charge on any atom is -0.483 e. The molecule has 7 heteroatoms. The van der Waals surface area contributed by atoms with Gasteiger partial charge in [-0.25, -0.2) is 5.01 Å². The van der Waals surface area contributed by atoms with E-state index in [4.69, 9.17) is 4.74 Å². The van der Waals surface area contributed by atoms with Crippen molar-refractivity contribution < 1.29 is 19.1 Å². The Morgan fingerprint density at radius 2 is 1.57 bits per heavy atom. The first-order valence-corrected chi connectivity index (χ1v) is 12.2. The molecule has 4 aromatic rings. The van der Waals surface area contributed by atoms with E-state index in [0.29, 0.717) is 11.4 Å². The highest BCUT2D eigenvalue weighted by atomic mass is 16.5. The van der Waals surface area contributed by atoms with Crippen molar-refractivity contribution in [2.75, 3.05) is 11.6 Å². The Kier molecular flexibility index (Phi) is 6.60. The summed E-state index contributed by atoms with van der Waals surface area (Å²) in [4.78, 5) is 39.1. The second-order valence-electron chi connectivity index (χ2n) is 9.03. The molecule has 0 fully saturated rings. The summed E-state index contributed by atoms with van der Waals surface area (Å²) >= 11 is 0. The van der Waals surface area contributed by atoms with Gasteiger partial charge in [-0.3, -0.25) is 19.8 Å². The Balaban J connectivity index is 1.28. The van der Waals surface area contributed by atoms with Crippen LogP contribution in [0.5, 0.6) is 5.75 Å². The van der Waals surface area contributed by atoms with Gasteiger partial charge in [0.25, 0.3) is 17.7 Å². The molecule has 37 heavy (non-hydrogen) atoms. The van der Waals surface area contributed by atoms with E-state index in [1.54, 1.807) is 19.1 Å². The van der Waals surface area contributed by atoms with E-state index in [2.05, 4.69) is 10.7 Å². The van der Waals surface area contributed by atoms with Gasteiger partial charge >= 0.3 is 0 Å². The Morgan fingerprint density at radius 3 is 2.41 bits per heavy atom. The van der Waals surface area contributed by atoms with Crippen molar-refractivity contribution in [3.63, 3.8) is 0 Å². The minimum atomic E-state index is -0.899. The summed E-state index contributed by atoms with van der Waals surface area (Å²) in [6.07, 6.45) is 0. The van der Waals surface area contributed by atoms with Gasteiger partial charge in [-0.15, -0.1) is 0 Å². The Hall–Kier alpha value is -4.65. The summed E-state index contributed by atoms with van der Waals surface area (Å²) in [5.41, 5.74) is 5.98. The molecule has 1 unspecified atom stereocenters. The maximum atomic E-state index is 13.4. The zero-order valence-electron chi connectivity index (χ0n) is 20.6. The third-order valence-corrected chi connectivity index (χ3v) is 6.55. The van der Waals surface area contributed by atoms with E-state index in [0.717, 1.165) is 27.5 Å². The zero-order valence-corrected chi connectivity index (χ0v) is 20.6. The number of benzene rings is 4. The molecule has 0 spiro atoms. The minimum absolute atomic E-state index is 0.247. The lowest BCUT2D eigenvalue weighted by molar-refractivity contribution is -0.131. The summed E-state index contributed by atoms with van der Waals surface area (Å²) in [7, 11) is 0. The maximum absolute atomic E-state index is 13.4.